The summed E-state index contributed by atoms with van der Waals surface area (Å²) in [6.45, 7) is 0. The van der Waals surface area contributed by atoms with E-state index in [0.717, 1.165) is 0 Å². The van der Waals surface area contributed by atoms with Gasteiger partial charge in [-0.2, -0.15) is 0 Å². The minimum atomic E-state index is -4.07. The van der Waals surface area contributed by atoms with Crippen LogP contribution in [0.3, 0.4) is 0 Å². The minimum Gasteiger partial charge on any atom is -0.755 e. The average Bonchev–Trinajstić information content (AvgIpc) is 1.68. The summed E-state index contributed by atoms with van der Waals surface area (Å²) in [5.41, 5.74) is 0. The molecule has 0 fully saturated rings. The van der Waals surface area contributed by atoms with E-state index in [-0.39, 0.29) is 18.9 Å². The molecule has 0 N–H and O–H groups in total. The van der Waals surface area contributed by atoms with E-state index in [4.69, 9.17) is 0 Å². The van der Waals surface area contributed by atoms with E-state index in [1.807, 2.05) is 0 Å². The van der Waals surface area contributed by atoms with E-state index < -0.39 is 7.82 Å². The topological polar surface area (TPSA) is 58.6 Å². The van der Waals surface area contributed by atoms with Crippen LogP contribution in [0, 0.1) is 0 Å². The van der Waals surface area contributed by atoms with Crippen LogP contribution < -0.4 is 23.8 Å². The fourth-order valence-electron chi connectivity index (χ4n) is 0.0106. The zero-order valence-corrected chi connectivity index (χ0v) is 7.90. The predicted molar refractivity (Wildman–Crippen MR) is 27.6 cm³/mol. The number of rotatable bonds is 2. The van der Waals surface area contributed by atoms with Gasteiger partial charge in [-0.25, -0.2) is 7.23 Å². The largest absolute Gasteiger partial charge is 1.00 e. The molecule has 0 unspecified atom stereocenters. The molecule has 0 aromatic rings. The van der Waals surface area contributed by atoms with Gasteiger partial charge in [0.15, 0.2) is 0 Å². The molecule has 0 aromatic carbocycles. The van der Waals surface area contributed by atoms with Crippen LogP contribution in [0.25, 0.3) is 0 Å². The van der Waals surface area contributed by atoms with Gasteiger partial charge in [0, 0.05) is 0 Å². The Kier molecular flexibility index (Phi) is 8.42. The molecule has 0 aliphatic carbocycles. The maximum absolute atomic E-state index is 9.86. The fourth-order valence-corrected chi connectivity index (χ4v) is 0.862. The summed E-state index contributed by atoms with van der Waals surface area (Å²) in [4.78, 5) is 9.86. The Hall–Kier alpha value is 1.67. The van der Waals surface area contributed by atoms with Crippen molar-refractivity contribution < 1.29 is 35.5 Å². The van der Waals surface area contributed by atoms with Gasteiger partial charge in [0.2, 0.25) is 0 Å². The van der Waals surface area contributed by atoms with E-state index in [2.05, 4.69) is 39.7 Å². The van der Waals surface area contributed by atoms with Gasteiger partial charge in [0.25, 0.3) is 7.82 Å². The van der Waals surface area contributed by atoms with Crippen molar-refractivity contribution in [3.05, 3.63) is 0 Å². The first kappa shape index (κ1) is 12.4. The summed E-state index contributed by atoms with van der Waals surface area (Å²) in [6, 6.07) is 0. The Morgan fingerprint density at radius 2 is 1.62 bits per heavy atom. The molecule has 44 valence electrons. The van der Waals surface area contributed by atoms with Gasteiger partial charge in [-0.15, -0.1) is 0 Å². The summed E-state index contributed by atoms with van der Waals surface area (Å²) in [7, 11) is -4.07. The smallest absolute Gasteiger partial charge is 0.755 e. The van der Waals surface area contributed by atoms with Crippen LogP contribution in [-0.2, 0) is 11.8 Å². The monoisotopic (exact) mass is 260 g/mol. The van der Waals surface area contributed by atoms with Crippen LogP contribution in [0.5, 0.6) is 0 Å². The summed E-state index contributed by atoms with van der Waals surface area (Å²) >= 11 is 4.40. The summed E-state index contributed by atoms with van der Waals surface area (Å²) in [5, 5.41) is 0. The van der Waals surface area contributed by atoms with E-state index in [9.17, 15) is 9.46 Å². The first-order valence-electron chi connectivity index (χ1n) is 1.04. The molecule has 4 nitrogen and oxygen atoms in total. The van der Waals surface area contributed by atoms with Gasteiger partial charge in [0.1, 0.15) is 32.5 Å². The van der Waals surface area contributed by atoms with Gasteiger partial charge in [-0.1, -0.05) is 0 Å². The van der Waals surface area contributed by atoms with Crippen LogP contribution >= 0.6 is 40.3 Å². The Bertz CT molecular complexity index is 86.0. The second kappa shape index (κ2) is 5.45. The molecule has 0 radical (unpaired) electrons. The first-order chi connectivity index (χ1) is 3.12. The average molecular weight is 262 g/mol. The Morgan fingerprint density at radius 1 is 1.38 bits per heavy atom. The number of phosphoric acid groups is 1. The molecule has 0 saturated heterocycles. The van der Waals surface area contributed by atoms with Crippen molar-refractivity contribution in [2.75, 3.05) is 0 Å². The Labute approximate surface area is 75.6 Å². The number of halogens is 2. The predicted octanol–water partition coefficient (Wildman–Crippen LogP) is -1.89. The number of hydrogen-bond acceptors (Lipinski definition) is 4. The van der Waals surface area contributed by atoms with Crippen molar-refractivity contribution >= 4 is 40.3 Å². The molecule has 0 rings (SSSR count). The molecule has 8 heteroatoms. The molecular formula is Br2LiO4P. The van der Waals surface area contributed by atoms with Gasteiger partial charge in [-0.3, -0.25) is 4.57 Å². The molecule has 0 aliphatic heterocycles. The first-order valence-corrected chi connectivity index (χ1v) is 3.79. The van der Waals surface area contributed by atoms with Crippen LogP contribution in [-0.4, -0.2) is 0 Å². The molecule has 0 heterocycles. The van der Waals surface area contributed by atoms with Crippen LogP contribution in [0.15, 0.2) is 0 Å². The van der Waals surface area contributed by atoms with Crippen molar-refractivity contribution in [1.82, 2.24) is 0 Å². The summed E-state index contributed by atoms with van der Waals surface area (Å²) in [6.07, 6.45) is 0. The van der Waals surface area contributed by atoms with Gasteiger partial charge < -0.3 is 4.89 Å². The Balaban J connectivity index is 0. The quantitative estimate of drug-likeness (QED) is 0.431. The third-order valence-electron chi connectivity index (χ3n) is 0.169. The van der Waals surface area contributed by atoms with Crippen molar-refractivity contribution in [2.45, 2.75) is 0 Å². The van der Waals surface area contributed by atoms with Gasteiger partial charge in [-0.05, 0) is 0 Å². The van der Waals surface area contributed by atoms with Crippen molar-refractivity contribution in [3.63, 3.8) is 0 Å². The van der Waals surface area contributed by atoms with Gasteiger partial charge in [0.05, 0.1) is 0 Å². The SMILES string of the molecule is O=P([O-])(OBr)OBr.[Li+]. The molecule has 0 bridgehead atoms. The number of hydrogen-bond donors (Lipinski definition) is 0. The zero-order valence-electron chi connectivity index (χ0n) is 3.84. The fraction of sp³-hybridized carbons (Fsp3) is 0. The second-order valence-corrected chi connectivity index (χ2v) is 3.49. The molecule has 0 aromatic heterocycles. The maximum atomic E-state index is 9.86. The zero-order chi connectivity index (χ0) is 5.91. The normalized spacial score (nSPS) is 10.4. The van der Waals surface area contributed by atoms with Crippen molar-refractivity contribution in [3.8, 4) is 0 Å². The summed E-state index contributed by atoms with van der Waals surface area (Å²) < 4.78 is 17.1. The van der Waals surface area contributed by atoms with Crippen molar-refractivity contribution in [1.29, 1.82) is 0 Å². The molecule has 0 atom stereocenters. The van der Waals surface area contributed by atoms with E-state index in [0.29, 0.717) is 0 Å². The molecule has 0 aliphatic rings. The standard InChI is InChI=1S/Br2HO4P.Li/c1-5-7(3,4)6-2;/h(H,3,4);/q;+1/p-1. The molecule has 8 heavy (non-hydrogen) atoms. The van der Waals surface area contributed by atoms with Crippen LogP contribution in [0.4, 0.5) is 0 Å². The van der Waals surface area contributed by atoms with Crippen LogP contribution in [0.1, 0.15) is 0 Å². The summed E-state index contributed by atoms with van der Waals surface area (Å²) in [5.74, 6) is 0. The minimum absolute atomic E-state index is 0. The third kappa shape index (κ3) is 5.80. The second-order valence-electron chi connectivity index (χ2n) is 0.585. The molecule has 0 amide bonds. The molecular weight excluding hydrogens is 262 g/mol. The maximum Gasteiger partial charge on any atom is 1.00 e. The molecule has 0 saturated carbocycles. The van der Waals surface area contributed by atoms with E-state index >= 15 is 0 Å². The van der Waals surface area contributed by atoms with E-state index in [1.165, 1.54) is 0 Å². The Morgan fingerprint density at radius 3 is 1.62 bits per heavy atom. The van der Waals surface area contributed by atoms with E-state index in [1.54, 1.807) is 0 Å². The van der Waals surface area contributed by atoms with Crippen molar-refractivity contribution in [2.24, 2.45) is 0 Å². The third-order valence-corrected chi connectivity index (χ3v) is 2.63. The molecule has 0 spiro atoms. The van der Waals surface area contributed by atoms with Gasteiger partial charge >= 0.3 is 18.9 Å². The van der Waals surface area contributed by atoms with Crippen LogP contribution in [0.2, 0.25) is 0 Å².